The van der Waals surface area contributed by atoms with Gasteiger partial charge in [0.1, 0.15) is 11.6 Å². The van der Waals surface area contributed by atoms with Crippen LogP contribution in [0.15, 0.2) is 11.2 Å². The van der Waals surface area contributed by atoms with Gasteiger partial charge in [0.2, 0.25) is 0 Å². The Labute approximate surface area is 121 Å². The number of hydrogen-bond donors (Lipinski definition) is 3. The van der Waals surface area contributed by atoms with Crippen LogP contribution in [0, 0.1) is 5.92 Å². The molecule has 1 aromatic heterocycles. The molecule has 21 heavy (non-hydrogen) atoms. The second-order valence-corrected chi connectivity index (χ2v) is 6.17. The summed E-state index contributed by atoms with van der Waals surface area (Å²) < 4.78 is 31.1. The molecule has 0 bridgehead atoms. The fraction of sp³-hybridized carbons (Fsp3) is 0.545. The Morgan fingerprint density at radius 3 is 2.57 bits per heavy atom. The lowest BCUT2D eigenvalue weighted by atomic mass is 10.1. The highest BCUT2D eigenvalue weighted by Crippen LogP contribution is 2.15. The fourth-order valence-corrected chi connectivity index (χ4v) is 2.95. The number of H-pyrrole nitrogens is 1. The van der Waals surface area contributed by atoms with Gasteiger partial charge in [-0.2, -0.15) is 9.82 Å². The van der Waals surface area contributed by atoms with Gasteiger partial charge in [0.05, 0.1) is 12.8 Å². The molecule has 0 aliphatic carbocycles. The predicted octanol–water partition coefficient (Wildman–Crippen LogP) is -0.0261. The van der Waals surface area contributed by atoms with E-state index in [0.717, 1.165) is 6.20 Å². The lowest BCUT2D eigenvalue weighted by Crippen LogP contribution is -2.44. The number of ether oxygens (including phenoxy) is 1. The first-order valence-corrected chi connectivity index (χ1v) is 7.64. The Bertz CT molecular complexity index is 622. The van der Waals surface area contributed by atoms with E-state index in [2.05, 4.69) is 10.2 Å². The zero-order chi connectivity index (χ0) is 16.2. The summed E-state index contributed by atoms with van der Waals surface area (Å²) in [5.74, 6) is -2.65. The molecule has 0 radical (unpaired) electrons. The SMILES string of the molecule is CCOC(=O)c1cn[nH]c1S(=O)(=O)NC(C(=O)O)C(C)C. The summed E-state index contributed by atoms with van der Waals surface area (Å²) in [4.78, 5) is 22.7. The number of sulfonamides is 1. The minimum atomic E-state index is -4.25. The summed E-state index contributed by atoms with van der Waals surface area (Å²) in [5, 5.41) is 14.2. The van der Waals surface area contributed by atoms with Crippen molar-refractivity contribution in [1.82, 2.24) is 14.9 Å². The first kappa shape index (κ1) is 17.1. The number of nitrogens with zero attached hydrogens (tertiary/aromatic N) is 1. The van der Waals surface area contributed by atoms with E-state index < -0.39 is 38.9 Å². The van der Waals surface area contributed by atoms with E-state index in [1.54, 1.807) is 20.8 Å². The Hall–Kier alpha value is -1.94. The molecule has 1 heterocycles. The van der Waals surface area contributed by atoms with Gasteiger partial charge in [-0.1, -0.05) is 13.8 Å². The average Bonchev–Trinajstić information content (AvgIpc) is 2.85. The molecule has 0 saturated heterocycles. The largest absolute Gasteiger partial charge is 0.480 e. The van der Waals surface area contributed by atoms with Gasteiger partial charge in [0.25, 0.3) is 10.0 Å². The maximum absolute atomic E-state index is 12.2. The summed E-state index contributed by atoms with van der Waals surface area (Å²) >= 11 is 0. The minimum Gasteiger partial charge on any atom is -0.480 e. The van der Waals surface area contributed by atoms with Gasteiger partial charge < -0.3 is 9.84 Å². The number of esters is 1. The first-order valence-electron chi connectivity index (χ1n) is 6.16. The zero-order valence-corrected chi connectivity index (χ0v) is 12.6. The van der Waals surface area contributed by atoms with Crippen molar-refractivity contribution < 1.29 is 27.9 Å². The molecule has 0 fully saturated rings. The number of aromatic nitrogens is 2. The van der Waals surface area contributed by atoms with Gasteiger partial charge >= 0.3 is 11.9 Å². The molecule has 1 atom stereocenters. The topological polar surface area (TPSA) is 138 Å². The third kappa shape index (κ3) is 4.02. The number of nitrogens with one attached hydrogen (secondary N) is 2. The lowest BCUT2D eigenvalue weighted by molar-refractivity contribution is -0.140. The molecule has 118 valence electrons. The molecular formula is C11H17N3O6S. The molecule has 9 nitrogen and oxygen atoms in total. The molecule has 1 unspecified atom stereocenters. The van der Waals surface area contributed by atoms with Gasteiger partial charge in [-0.15, -0.1) is 0 Å². The molecule has 1 aromatic rings. The van der Waals surface area contributed by atoms with Crippen LogP contribution in [0.4, 0.5) is 0 Å². The van der Waals surface area contributed by atoms with Crippen molar-refractivity contribution in [2.24, 2.45) is 5.92 Å². The van der Waals surface area contributed by atoms with Crippen LogP contribution in [0.5, 0.6) is 0 Å². The number of rotatable bonds is 7. The Kier molecular flexibility index (Phi) is 5.44. The van der Waals surface area contributed by atoms with Crippen LogP contribution >= 0.6 is 0 Å². The van der Waals surface area contributed by atoms with E-state index in [1.807, 2.05) is 4.72 Å². The Balaban J connectivity index is 3.12. The molecule has 3 N–H and O–H groups in total. The molecular weight excluding hydrogens is 302 g/mol. The van der Waals surface area contributed by atoms with Crippen LogP contribution in [0.25, 0.3) is 0 Å². The summed E-state index contributed by atoms with van der Waals surface area (Å²) in [6.07, 6.45) is 1.01. The standard InChI is InChI=1S/C11H17N3O6S/c1-4-20-11(17)7-5-12-13-9(7)21(18,19)14-8(6(2)3)10(15)16/h5-6,8,14H,4H2,1-3H3,(H,12,13)(H,15,16). The van der Waals surface area contributed by atoms with Crippen molar-refractivity contribution in [2.75, 3.05) is 6.61 Å². The smallest absolute Gasteiger partial charge is 0.342 e. The van der Waals surface area contributed by atoms with Crippen molar-refractivity contribution in [1.29, 1.82) is 0 Å². The van der Waals surface area contributed by atoms with Crippen LogP contribution < -0.4 is 4.72 Å². The fourth-order valence-electron chi connectivity index (χ4n) is 1.53. The average molecular weight is 319 g/mol. The van der Waals surface area contributed by atoms with Gasteiger partial charge in [-0.05, 0) is 12.8 Å². The summed E-state index contributed by atoms with van der Waals surface area (Å²) in [5.41, 5.74) is -0.280. The molecule has 10 heteroatoms. The summed E-state index contributed by atoms with van der Waals surface area (Å²) in [7, 11) is -4.25. The number of carbonyl (C=O) groups excluding carboxylic acids is 1. The molecule has 1 rings (SSSR count). The maximum Gasteiger partial charge on any atom is 0.342 e. The first-order chi connectivity index (χ1) is 9.70. The predicted molar refractivity (Wildman–Crippen MR) is 71.1 cm³/mol. The van der Waals surface area contributed by atoms with Gasteiger partial charge in [-0.3, -0.25) is 9.89 Å². The van der Waals surface area contributed by atoms with Gasteiger partial charge in [0, 0.05) is 0 Å². The maximum atomic E-state index is 12.2. The van der Waals surface area contributed by atoms with Crippen LogP contribution in [-0.2, 0) is 19.6 Å². The van der Waals surface area contributed by atoms with Crippen molar-refractivity contribution in [2.45, 2.75) is 31.8 Å². The molecule has 0 aromatic carbocycles. The van der Waals surface area contributed by atoms with E-state index in [1.165, 1.54) is 0 Å². The molecule has 0 saturated carbocycles. The number of carboxylic acid groups (broad SMARTS) is 1. The summed E-state index contributed by atoms with van der Waals surface area (Å²) in [6, 6.07) is -1.33. The lowest BCUT2D eigenvalue weighted by Gasteiger charge is -2.17. The number of carbonyl (C=O) groups is 2. The van der Waals surface area contributed by atoms with E-state index in [-0.39, 0.29) is 12.2 Å². The minimum absolute atomic E-state index is 0.0701. The second kappa shape index (κ2) is 6.68. The van der Waals surface area contributed by atoms with Crippen LogP contribution in [-0.4, -0.2) is 48.3 Å². The highest BCUT2D eigenvalue weighted by Gasteiger charge is 2.32. The van der Waals surface area contributed by atoms with E-state index in [0.29, 0.717) is 0 Å². The van der Waals surface area contributed by atoms with Crippen LogP contribution in [0.2, 0.25) is 0 Å². The molecule has 0 amide bonds. The van der Waals surface area contributed by atoms with Crippen molar-refractivity contribution in [3.63, 3.8) is 0 Å². The number of aromatic amines is 1. The Morgan fingerprint density at radius 1 is 1.48 bits per heavy atom. The summed E-state index contributed by atoms with van der Waals surface area (Å²) in [6.45, 7) is 4.76. The molecule has 0 aliphatic heterocycles. The molecule has 0 aliphatic rings. The normalized spacial score (nSPS) is 13.1. The zero-order valence-electron chi connectivity index (χ0n) is 11.8. The third-order valence-corrected chi connectivity index (χ3v) is 4.00. The van der Waals surface area contributed by atoms with E-state index in [9.17, 15) is 18.0 Å². The van der Waals surface area contributed by atoms with Crippen molar-refractivity contribution >= 4 is 22.0 Å². The number of hydrogen-bond acceptors (Lipinski definition) is 6. The second-order valence-electron chi connectivity index (χ2n) is 4.51. The van der Waals surface area contributed by atoms with Gasteiger partial charge in [-0.25, -0.2) is 13.2 Å². The van der Waals surface area contributed by atoms with Crippen LogP contribution in [0.1, 0.15) is 31.1 Å². The Morgan fingerprint density at radius 2 is 2.10 bits per heavy atom. The number of carboxylic acids is 1. The van der Waals surface area contributed by atoms with Crippen molar-refractivity contribution in [3.8, 4) is 0 Å². The quantitative estimate of drug-likeness (QED) is 0.600. The highest BCUT2D eigenvalue weighted by molar-refractivity contribution is 7.89. The third-order valence-electron chi connectivity index (χ3n) is 2.58. The highest BCUT2D eigenvalue weighted by atomic mass is 32.2. The van der Waals surface area contributed by atoms with Crippen LogP contribution in [0.3, 0.4) is 0 Å². The van der Waals surface area contributed by atoms with Crippen molar-refractivity contribution in [3.05, 3.63) is 11.8 Å². The number of aliphatic carboxylic acids is 1. The van der Waals surface area contributed by atoms with Gasteiger partial charge in [0.15, 0.2) is 5.03 Å². The molecule has 0 spiro atoms. The van der Waals surface area contributed by atoms with E-state index >= 15 is 0 Å². The van der Waals surface area contributed by atoms with E-state index in [4.69, 9.17) is 9.84 Å². The monoisotopic (exact) mass is 319 g/mol.